The molecular formula is C19H15Cl3N6O. The lowest BCUT2D eigenvalue weighted by Gasteiger charge is -2.22. The first-order valence-corrected chi connectivity index (χ1v) is 9.70. The third-order valence-electron chi connectivity index (χ3n) is 3.93. The highest BCUT2D eigenvalue weighted by Crippen LogP contribution is 2.32. The third kappa shape index (κ3) is 4.65. The number of anilines is 1. The highest BCUT2D eigenvalue weighted by Gasteiger charge is 2.28. The molecule has 0 aliphatic carbocycles. The fraction of sp³-hybridized carbons (Fsp3) is 0.0526. The molecule has 0 unspecified atom stereocenters. The van der Waals surface area contributed by atoms with Gasteiger partial charge in [-0.15, -0.1) is 0 Å². The van der Waals surface area contributed by atoms with Crippen molar-refractivity contribution in [2.75, 3.05) is 5.01 Å². The molecule has 10 heteroatoms. The molecule has 0 fully saturated rings. The number of benzene rings is 2. The number of nitrogens with zero attached hydrogens (tertiary/aromatic N) is 4. The monoisotopic (exact) mass is 448 g/mol. The standard InChI is InChI=1S/C19H15Cl3N6O/c20-14-9-10-17(23-12-14)29-28-25-19(24-11-13-5-2-1-3-6-13)27(26-28)16-8-4-7-15(21)18(16)22/h1-10,12,26H,11H2,(H,24,25). The summed E-state index contributed by atoms with van der Waals surface area (Å²) in [7, 11) is 0. The number of guanidine groups is 1. The van der Waals surface area contributed by atoms with Crippen LogP contribution in [0.4, 0.5) is 5.69 Å². The van der Waals surface area contributed by atoms with E-state index in [4.69, 9.17) is 39.6 Å². The fourth-order valence-electron chi connectivity index (χ4n) is 2.56. The molecule has 1 aliphatic rings. The first kappa shape index (κ1) is 19.6. The lowest BCUT2D eigenvalue weighted by atomic mass is 10.2. The van der Waals surface area contributed by atoms with Crippen LogP contribution in [0, 0.1) is 0 Å². The van der Waals surface area contributed by atoms with Gasteiger partial charge in [-0.1, -0.05) is 81.8 Å². The number of hydrogen-bond donors (Lipinski definition) is 2. The van der Waals surface area contributed by atoms with Crippen molar-refractivity contribution >= 4 is 46.4 Å². The van der Waals surface area contributed by atoms with Gasteiger partial charge in [-0.25, -0.2) is 9.99 Å². The Balaban J connectivity index is 1.57. The van der Waals surface area contributed by atoms with Crippen LogP contribution in [0.1, 0.15) is 5.56 Å². The van der Waals surface area contributed by atoms with Crippen molar-refractivity contribution in [3.8, 4) is 5.88 Å². The van der Waals surface area contributed by atoms with E-state index in [0.29, 0.717) is 39.1 Å². The average Bonchev–Trinajstić information content (AvgIpc) is 3.13. The zero-order valence-electron chi connectivity index (χ0n) is 14.9. The van der Waals surface area contributed by atoms with Crippen molar-refractivity contribution in [3.05, 3.63) is 87.5 Å². The van der Waals surface area contributed by atoms with E-state index in [-0.39, 0.29) is 0 Å². The Bertz CT molecular complexity index is 1020. The molecule has 0 spiro atoms. The van der Waals surface area contributed by atoms with Crippen molar-refractivity contribution in [2.24, 2.45) is 5.10 Å². The lowest BCUT2D eigenvalue weighted by molar-refractivity contribution is -0.0973. The minimum Gasteiger partial charge on any atom is -0.349 e. The van der Waals surface area contributed by atoms with Crippen molar-refractivity contribution in [2.45, 2.75) is 6.54 Å². The van der Waals surface area contributed by atoms with Crippen LogP contribution in [0.5, 0.6) is 5.88 Å². The molecule has 2 N–H and O–H groups in total. The summed E-state index contributed by atoms with van der Waals surface area (Å²) in [4.78, 5) is 9.74. The Morgan fingerprint density at radius 1 is 0.966 bits per heavy atom. The number of hydrazine groups is 2. The summed E-state index contributed by atoms with van der Waals surface area (Å²) in [6.07, 6.45) is 1.48. The van der Waals surface area contributed by atoms with Gasteiger partial charge in [-0.3, -0.25) is 0 Å². The highest BCUT2D eigenvalue weighted by molar-refractivity contribution is 6.44. The van der Waals surface area contributed by atoms with Crippen molar-refractivity contribution in [3.63, 3.8) is 0 Å². The maximum atomic E-state index is 6.40. The normalized spacial score (nSPS) is 13.4. The Hall–Kier alpha value is -2.71. The summed E-state index contributed by atoms with van der Waals surface area (Å²) in [5.41, 5.74) is 4.68. The molecule has 1 aromatic heterocycles. The number of aromatic nitrogens is 1. The van der Waals surface area contributed by atoms with Gasteiger partial charge in [0.2, 0.25) is 11.8 Å². The van der Waals surface area contributed by atoms with E-state index in [0.717, 1.165) is 5.56 Å². The predicted octanol–water partition coefficient (Wildman–Crippen LogP) is 4.64. The molecule has 1 aliphatic heterocycles. The molecule has 4 rings (SSSR count). The van der Waals surface area contributed by atoms with E-state index in [1.807, 2.05) is 36.4 Å². The molecule has 3 aromatic rings. The Kier molecular flexibility index (Phi) is 5.92. The van der Waals surface area contributed by atoms with Crippen LogP contribution < -0.4 is 20.7 Å². The Morgan fingerprint density at radius 3 is 2.55 bits per heavy atom. The van der Waals surface area contributed by atoms with Crippen molar-refractivity contribution in [1.82, 2.24) is 21.1 Å². The molecule has 2 aromatic carbocycles. The summed E-state index contributed by atoms with van der Waals surface area (Å²) >= 11 is 18.4. The van der Waals surface area contributed by atoms with E-state index in [1.54, 1.807) is 29.3 Å². The molecule has 7 nitrogen and oxygen atoms in total. The quantitative estimate of drug-likeness (QED) is 0.592. The molecule has 0 saturated carbocycles. The number of hydrazone groups is 1. The number of nitrogens with one attached hydrogen (secondary N) is 2. The van der Waals surface area contributed by atoms with E-state index in [1.165, 1.54) is 11.5 Å². The summed E-state index contributed by atoms with van der Waals surface area (Å²) in [5, 5.41) is 11.8. The molecule has 148 valence electrons. The maximum absolute atomic E-state index is 6.40. The van der Waals surface area contributed by atoms with E-state index in [2.05, 4.69) is 20.9 Å². The second kappa shape index (κ2) is 8.75. The van der Waals surface area contributed by atoms with E-state index < -0.39 is 0 Å². The molecule has 0 atom stereocenters. The van der Waals surface area contributed by atoms with Gasteiger partial charge in [-0.05, 0) is 29.0 Å². The van der Waals surface area contributed by atoms with Crippen LogP contribution in [0.3, 0.4) is 0 Å². The molecule has 2 heterocycles. The zero-order chi connectivity index (χ0) is 20.2. The first-order chi connectivity index (χ1) is 14.1. The molecular weight excluding hydrogens is 435 g/mol. The van der Waals surface area contributed by atoms with Gasteiger partial charge < -0.3 is 10.2 Å². The molecule has 29 heavy (non-hydrogen) atoms. The maximum Gasteiger partial charge on any atom is 0.250 e. The molecule has 0 radical (unpaired) electrons. The smallest absolute Gasteiger partial charge is 0.250 e. The van der Waals surface area contributed by atoms with Crippen LogP contribution in [-0.2, 0) is 6.54 Å². The van der Waals surface area contributed by atoms with Gasteiger partial charge in [0, 0.05) is 18.8 Å². The van der Waals surface area contributed by atoms with Gasteiger partial charge in [0.25, 0.3) is 0 Å². The van der Waals surface area contributed by atoms with Gasteiger partial charge in [0.05, 0.1) is 20.8 Å². The Labute approximate surface area is 182 Å². The van der Waals surface area contributed by atoms with Crippen molar-refractivity contribution in [1.29, 1.82) is 0 Å². The number of halogens is 3. The second-order valence-electron chi connectivity index (χ2n) is 5.95. The minimum atomic E-state index is 0.312. The topological polar surface area (TPSA) is 65.0 Å². The summed E-state index contributed by atoms with van der Waals surface area (Å²) in [6.45, 7) is 0.545. The van der Waals surface area contributed by atoms with Gasteiger partial charge in [0.1, 0.15) is 0 Å². The predicted molar refractivity (Wildman–Crippen MR) is 115 cm³/mol. The van der Waals surface area contributed by atoms with Crippen LogP contribution in [-0.4, -0.2) is 16.2 Å². The number of pyridine rings is 1. The summed E-state index contributed by atoms with van der Waals surface area (Å²) in [5.74, 6) is 0.777. The third-order valence-corrected chi connectivity index (χ3v) is 4.96. The lowest BCUT2D eigenvalue weighted by Crippen LogP contribution is -2.48. The highest BCUT2D eigenvalue weighted by atomic mass is 35.5. The van der Waals surface area contributed by atoms with Crippen LogP contribution in [0.25, 0.3) is 0 Å². The molecule has 0 saturated heterocycles. The molecule has 0 amide bonds. The van der Waals surface area contributed by atoms with Gasteiger partial charge in [-0.2, -0.15) is 0 Å². The zero-order valence-corrected chi connectivity index (χ0v) is 17.2. The SMILES string of the molecule is Clc1ccc(ON2N=C(NCc3ccccc3)N(c3cccc(Cl)c3Cl)N2)nc1. The van der Waals surface area contributed by atoms with Gasteiger partial charge >= 0.3 is 0 Å². The van der Waals surface area contributed by atoms with Crippen LogP contribution >= 0.6 is 34.8 Å². The second-order valence-corrected chi connectivity index (χ2v) is 7.17. The Morgan fingerprint density at radius 2 is 1.79 bits per heavy atom. The number of hydrogen-bond acceptors (Lipinski definition) is 7. The number of rotatable bonds is 5. The summed E-state index contributed by atoms with van der Waals surface area (Å²) in [6, 6.07) is 18.5. The van der Waals surface area contributed by atoms with Crippen LogP contribution in [0.15, 0.2) is 72.0 Å². The first-order valence-electron chi connectivity index (χ1n) is 8.56. The van der Waals surface area contributed by atoms with Crippen molar-refractivity contribution < 1.29 is 4.84 Å². The largest absolute Gasteiger partial charge is 0.349 e. The average molecular weight is 450 g/mol. The fourth-order valence-corrected chi connectivity index (χ4v) is 3.05. The summed E-state index contributed by atoms with van der Waals surface area (Å²) < 4.78 is 0. The van der Waals surface area contributed by atoms with Crippen LogP contribution in [0.2, 0.25) is 15.1 Å². The van der Waals surface area contributed by atoms with Gasteiger partial charge in [0.15, 0.2) is 0 Å². The van der Waals surface area contributed by atoms with E-state index >= 15 is 0 Å². The minimum absolute atomic E-state index is 0.312. The molecule has 0 bridgehead atoms. The van der Waals surface area contributed by atoms with E-state index in [9.17, 15) is 0 Å².